The van der Waals surface area contributed by atoms with Gasteiger partial charge in [-0.25, -0.2) is 10.1 Å². The number of aromatic nitrogens is 2. The monoisotopic (exact) mass is 593 g/mol. The lowest BCUT2D eigenvalue weighted by Gasteiger charge is -2.39. The van der Waals surface area contributed by atoms with E-state index in [1.165, 1.54) is 12.8 Å². The SMILES string of the molecule is CC.CC.C[C@@H]1COCCN1C1=C(n2cnc(C3CC3)c2)C=C(C(=O)Nc2cccc3c2OCCN2NN(C)N=C32)NC1.[HH]. The Balaban J connectivity index is 0.000000850. The van der Waals surface area contributed by atoms with Gasteiger partial charge in [0.2, 0.25) is 0 Å². The number of nitrogens with one attached hydrogen (secondary N) is 3. The number of para-hydroxylation sites is 1. The molecule has 1 aromatic heterocycles. The van der Waals surface area contributed by atoms with Crippen LogP contribution in [-0.2, 0) is 9.53 Å². The van der Waals surface area contributed by atoms with Gasteiger partial charge >= 0.3 is 0 Å². The van der Waals surface area contributed by atoms with Crippen LogP contribution in [-0.4, -0.2) is 88.9 Å². The maximum atomic E-state index is 13.6. The van der Waals surface area contributed by atoms with Crippen LogP contribution in [0.1, 0.15) is 66.1 Å². The molecule has 0 spiro atoms. The van der Waals surface area contributed by atoms with E-state index >= 15 is 0 Å². The first kappa shape index (κ1) is 30.4. The van der Waals surface area contributed by atoms with E-state index in [1.54, 1.807) is 5.12 Å². The van der Waals surface area contributed by atoms with Crippen LogP contribution >= 0.6 is 0 Å². The predicted octanol–water partition coefficient (Wildman–Crippen LogP) is 3.80. The molecule has 0 bridgehead atoms. The number of benzene rings is 1. The van der Waals surface area contributed by atoms with Gasteiger partial charge in [-0.3, -0.25) is 9.80 Å². The zero-order valence-electron chi connectivity index (χ0n) is 26.2. The number of hydrazone groups is 1. The average molecular weight is 594 g/mol. The Morgan fingerprint density at radius 2 is 1.95 bits per heavy atom. The summed E-state index contributed by atoms with van der Waals surface area (Å²) in [6.07, 6.45) is 8.29. The van der Waals surface area contributed by atoms with E-state index in [4.69, 9.17) is 9.47 Å². The fraction of sp³-hybridized carbons (Fsp3) is 0.516. The first-order chi connectivity index (χ1) is 21.0. The van der Waals surface area contributed by atoms with E-state index in [2.05, 4.69) is 48.8 Å². The molecule has 5 aliphatic rings. The first-order valence-corrected chi connectivity index (χ1v) is 15.6. The molecule has 43 heavy (non-hydrogen) atoms. The molecule has 12 nitrogen and oxygen atoms in total. The molecule has 1 aliphatic carbocycles. The van der Waals surface area contributed by atoms with Crippen LogP contribution in [0.2, 0.25) is 0 Å². The number of imidazole rings is 1. The summed E-state index contributed by atoms with van der Waals surface area (Å²) in [5.74, 6) is 1.70. The normalized spacial score (nSPS) is 21.0. The standard InChI is InChI=1S/C27H33N9O3.2C2H6.H2/c1-17-15-38-10-8-35(17)24-13-28-21(12-23(24)34-14-22(29-16-34)18-6-7-18)27(37)30-20-5-3-4-19-25(20)39-11-9-36-26(19)31-33(2)32-36;2*1-2;/h3-5,12,14,16-18,28,32H,6-11,13,15H2,1-2H3,(H,30,37);2*1-2H3;1H/t17-;;;/m1.../s1. The Kier molecular flexibility index (Phi) is 9.56. The number of amidine groups is 1. The lowest BCUT2D eigenvalue weighted by molar-refractivity contribution is -0.113. The van der Waals surface area contributed by atoms with Crippen molar-refractivity contribution < 1.29 is 15.7 Å². The van der Waals surface area contributed by atoms with Crippen molar-refractivity contribution in [3.63, 3.8) is 0 Å². The molecule has 1 amide bonds. The Morgan fingerprint density at radius 1 is 1.14 bits per heavy atom. The van der Waals surface area contributed by atoms with Crippen LogP contribution in [0.25, 0.3) is 5.70 Å². The molecule has 2 aromatic rings. The molecular formula is C31H47N9O3. The van der Waals surface area contributed by atoms with Gasteiger partial charge in [-0.05, 0) is 38.0 Å². The molecule has 234 valence electrons. The molecule has 7 rings (SSSR count). The summed E-state index contributed by atoms with van der Waals surface area (Å²) in [4.78, 5) is 20.7. The highest BCUT2D eigenvalue weighted by molar-refractivity contribution is 6.08. The van der Waals surface area contributed by atoms with E-state index < -0.39 is 0 Å². The largest absolute Gasteiger partial charge is 0.489 e. The van der Waals surface area contributed by atoms with E-state index in [1.807, 2.05) is 70.4 Å². The highest BCUT2D eigenvalue weighted by Crippen LogP contribution is 2.39. The molecule has 2 fully saturated rings. The maximum Gasteiger partial charge on any atom is 0.271 e. The lowest BCUT2D eigenvalue weighted by Crippen LogP contribution is -2.46. The number of hydrazine groups is 2. The molecule has 1 aromatic carbocycles. The summed E-state index contributed by atoms with van der Waals surface area (Å²) in [6.45, 7) is 14.0. The number of allylic oxidation sites excluding steroid dienone is 2. The van der Waals surface area contributed by atoms with Gasteiger partial charge < -0.3 is 29.6 Å². The smallest absolute Gasteiger partial charge is 0.271 e. The van der Waals surface area contributed by atoms with Crippen molar-refractivity contribution in [3.05, 3.63) is 59.5 Å². The van der Waals surface area contributed by atoms with Crippen molar-refractivity contribution >= 4 is 23.1 Å². The van der Waals surface area contributed by atoms with Gasteiger partial charge in [0.05, 0.1) is 61.0 Å². The Bertz CT molecular complexity index is 1400. The number of hydrogen-bond donors (Lipinski definition) is 3. The number of rotatable bonds is 5. The fourth-order valence-corrected chi connectivity index (χ4v) is 5.54. The molecule has 5 heterocycles. The van der Waals surface area contributed by atoms with Crippen molar-refractivity contribution in [2.75, 3.05) is 51.8 Å². The zero-order valence-corrected chi connectivity index (χ0v) is 26.2. The van der Waals surface area contributed by atoms with Gasteiger partial charge in [0.25, 0.3) is 5.91 Å². The highest BCUT2D eigenvalue weighted by atomic mass is 16.5. The second-order valence-corrected chi connectivity index (χ2v) is 10.5. The third-order valence-electron chi connectivity index (χ3n) is 7.69. The van der Waals surface area contributed by atoms with Crippen LogP contribution in [0.4, 0.5) is 5.69 Å². The third kappa shape index (κ3) is 6.35. The number of dihydropyridines is 1. The number of hydrogen-bond acceptors (Lipinski definition) is 10. The molecule has 3 N–H and O–H groups in total. The predicted molar refractivity (Wildman–Crippen MR) is 170 cm³/mol. The van der Waals surface area contributed by atoms with Gasteiger partial charge in [-0.1, -0.05) is 33.8 Å². The number of morpholine rings is 1. The Labute approximate surface area is 255 Å². The number of anilines is 1. The fourth-order valence-electron chi connectivity index (χ4n) is 5.54. The Morgan fingerprint density at radius 3 is 2.72 bits per heavy atom. The van der Waals surface area contributed by atoms with E-state index in [0.717, 1.165) is 35.0 Å². The number of nitrogens with zero attached hydrogens (tertiary/aromatic N) is 6. The summed E-state index contributed by atoms with van der Waals surface area (Å²) < 4.78 is 13.8. The minimum atomic E-state index is -0.231. The molecule has 0 radical (unpaired) electrons. The number of ether oxygens (including phenoxy) is 2. The lowest BCUT2D eigenvalue weighted by atomic mass is 10.1. The van der Waals surface area contributed by atoms with Crippen LogP contribution in [0.15, 0.2) is 53.3 Å². The van der Waals surface area contributed by atoms with Gasteiger partial charge in [0, 0.05) is 33.2 Å². The second-order valence-electron chi connectivity index (χ2n) is 10.5. The van der Waals surface area contributed by atoms with Crippen LogP contribution in [0, 0.1) is 0 Å². The number of carbonyl (C=O) groups is 1. The van der Waals surface area contributed by atoms with E-state index in [0.29, 0.717) is 56.0 Å². The van der Waals surface area contributed by atoms with Gasteiger partial charge in [0.15, 0.2) is 11.6 Å². The van der Waals surface area contributed by atoms with E-state index in [9.17, 15) is 4.79 Å². The van der Waals surface area contributed by atoms with E-state index in [-0.39, 0.29) is 13.4 Å². The van der Waals surface area contributed by atoms with Crippen molar-refractivity contribution in [2.24, 2.45) is 5.10 Å². The third-order valence-corrected chi connectivity index (χ3v) is 7.69. The summed E-state index contributed by atoms with van der Waals surface area (Å²) in [6, 6.07) is 5.95. The van der Waals surface area contributed by atoms with Gasteiger partial charge in [-0.15, -0.1) is 10.6 Å². The first-order valence-electron chi connectivity index (χ1n) is 15.6. The molecular weight excluding hydrogens is 546 g/mol. The number of fused-ring (bicyclic) bond motifs is 3. The quantitative estimate of drug-likeness (QED) is 0.477. The number of carbonyl (C=O) groups excluding carboxylic acids is 1. The van der Waals surface area contributed by atoms with Crippen molar-refractivity contribution in [3.8, 4) is 5.75 Å². The van der Waals surface area contributed by atoms with Crippen molar-refractivity contribution in [2.45, 2.75) is 59.4 Å². The highest BCUT2D eigenvalue weighted by Gasteiger charge is 2.32. The molecule has 0 unspecified atom stereocenters. The molecule has 12 heteroatoms. The minimum absolute atomic E-state index is 0. The minimum Gasteiger partial charge on any atom is -0.489 e. The molecule has 1 saturated heterocycles. The average Bonchev–Trinajstić information content (AvgIpc) is 3.70. The Hall–Kier alpha value is -4.03. The summed E-state index contributed by atoms with van der Waals surface area (Å²) >= 11 is 0. The van der Waals surface area contributed by atoms with Crippen molar-refractivity contribution in [1.82, 2.24) is 35.4 Å². The molecule has 4 aliphatic heterocycles. The molecule has 1 atom stereocenters. The topological polar surface area (TPSA) is 112 Å². The zero-order chi connectivity index (χ0) is 30.5. The van der Waals surface area contributed by atoms with Crippen molar-refractivity contribution in [1.29, 1.82) is 0 Å². The van der Waals surface area contributed by atoms with Crippen LogP contribution < -0.4 is 20.9 Å². The summed E-state index contributed by atoms with van der Waals surface area (Å²) in [5, 5.41) is 14.6. The summed E-state index contributed by atoms with van der Waals surface area (Å²) in [5.41, 5.74) is 8.29. The maximum absolute atomic E-state index is 13.6. The van der Waals surface area contributed by atoms with Gasteiger partial charge in [-0.2, -0.15) is 0 Å². The molecule has 1 saturated carbocycles. The van der Waals surface area contributed by atoms with Gasteiger partial charge in [0.1, 0.15) is 12.3 Å². The van der Waals surface area contributed by atoms with Crippen LogP contribution in [0.3, 0.4) is 0 Å². The second kappa shape index (κ2) is 13.5. The van der Waals surface area contributed by atoms with Crippen LogP contribution in [0.5, 0.6) is 5.75 Å². The summed E-state index contributed by atoms with van der Waals surface area (Å²) in [7, 11) is 1.85. The number of amides is 1.